The molecule has 0 aliphatic heterocycles. The third-order valence-electron chi connectivity index (χ3n) is 5.74. The number of carbonyl (C=O) groups excluding carboxylic acids is 1. The van der Waals surface area contributed by atoms with Crippen molar-refractivity contribution in [1.82, 2.24) is 10.6 Å². The lowest BCUT2D eigenvalue weighted by Gasteiger charge is -2.30. The average Bonchev–Trinajstić information content (AvgIpc) is 3.46. The second kappa shape index (κ2) is 12.7. The molecule has 3 N–H and O–H groups in total. The molecule has 0 unspecified atom stereocenters. The summed E-state index contributed by atoms with van der Waals surface area (Å²) in [6.07, 6.45) is 7.60. The molecule has 0 bridgehead atoms. The van der Waals surface area contributed by atoms with Crippen molar-refractivity contribution in [3.05, 3.63) is 54.0 Å². The van der Waals surface area contributed by atoms with Gasteiger partial charge in [0.1, 0.15) is 0 Å². The lowest BCUT2D eigenvalue weighted by molar-refractivity contribution is 0.0996. The smallest absolute Gasteiger partial charge is 0.291 e. The summed E-state index contributed by atoms with van der Waals surface area (Å²) in [4.78, 5) is 16.5. The molecule has 1 heterocycles. The number of anilines is 1. The summed E-state index contributed by atoms with van der Waals surface area (Å²) in [5.74, 6) is 0.807. The van der Waals surface area contributed by atoms with Gasteiger partial charge < -0.3 is 25.1 Å². The summed E-state index contributed by atoms with van der Waals surface area (Å²) in [5.41, 5.74) is 2.07. The molecule has 1 aromatic heterocycles. The normalized spacial score (nSPS) is 15.2. The first-order valence-corrected chi connectivity index (χ1v) is 10.5. The van der Waals surface area contributed by atoms with E-state index in [1.807, 2.05) is 24.3 Å². The van der Waals surface area contributed by atoms with E-state index in [0.717, 1.165) is 36.8 Å². The van der Waals surface area contributed by atoms with E-state index in [4.69, 9.17) is 9.15 Å². The van der Waals surface area contributed by atoms with Crippen LogP contribution in [0.5, 0.6) is 0 Å². The highest BCUT2D eigenvalue weighted by Gasteiger charge is 2.33. The predicted octanol–water partition coefficient (Wildman–Crippen LogP) is 4.41. The maximum absolute atomic E-state index is 12.2. The van der Waals surface area contributed by atoms with Gasteiger partial charge in [-0.3, -0.25) is 9.79 Å². The summed E-state index contributed by atoms with van der Waals surface area (Å²) in [5, 5.41) is 9.72. The van der Waals surface area contributed by atoms with Gasteiger partial charge in [0.25, 0.3) is 5.91 Å². The number of hydrogen-bond acceptors (Lipinski definition) is 4. The van der Waals surface area contributed by atoms with Gasteiger partial charge in [-0.1, -0.05) is 25.0 Å². The number of furan rings is 1. The van der Waals surface area contributed by atoms with Gasteiger partial charge >= 0.3 is 0 Å². The predicted molar refractivity (Wildman–Crippen MR) is 134 cm³/mol. The lowest BCUT2D eigenvalue weighted by Crippen LogP contribution is -2.43. The van der Waals surface area contributed by atoms with Gasteiger partial charge in [0, 0.05) is 39.5 Å². The number of amides is 1. The summed E-state index contributed by atoms with van der Waals surface area (Å²) >= 11 is 0. The molecule has 1 saturated carbocycles. The summed E-state index contributed by atoms with van der Waals surface area (Å²) < 4.78 is 10.5. The van der Waals surface area contributed by atoms with Crippen molar-refractivity contribution < 1.29 is 13.9 Å². The van der Waals surface area contributed by atoms with Crippen LogP contribution in [0.4, 0.5) is 5.69 Å². The standard InChI is InChI=1S/C23H32N4O3.HI/c1-24-22(26-17-23(12-14-29-2)10-3-4-11-23)25-16-18-7-5-8-19(15-18)27-21(28)20-9-6-13-30-20;/h5-9,13,15H,3-4,10-12,14,16-17H2,1-2H3,(H,27,28)(H2,24,25,26);1H. The molecule has 3 rings (SSSR count). The SMILES string of the molecule is CN=C(NCc1cccc(NC(=O)c2ccco2)c1)NCC1(CCOC)CCCC1.I. The highest BCUT2D eigenvalue weighted by atomic mass is 127. The second-order valence-electron chi connectivity index (χ2n) is 7.86. The molecule has 7 nitrogen and oxygen atoms in total. The monoisotopic (exact) mass is 540 g/mol. The van der Waals surface area contributed by atoms with Crippen molar-refractivity contribution in [3.8, 4) is 0 Å². The fraction of sp³-hybridized carbons (Fsp3) is 0.478. The molecule has 1 aromatic carbocycles. The van der Waals surface area contributed by atoms with Crippen molar-refractivity contribution in [1.29, 1.82) is 0 Å². The first-order valence-electron chi connectivity index (χ1n) is 10.5. The fourth-order valence-corrected chi connectivity index (χ4v) is 4.00. The number of benzene rings is 1. The average molecular weight is 540 g/mol. The Kier molecular flexibility index (Phi) is 10.3. The molecule has 0 spiro atoms. The summed E-state index contributed by atoms with van der Waals surface area (Å²) in [6, 6.07) is 11.1. The Balaban J connectivity index is 0.00000341. The van der Waals surface area contributed by atoms with Crippen LogP contribution in [-0.4, -0.2) is 39.2 Å². The number of guanidine groups is 1. The zero-order valence-corrected chi connectivity index (χ0v) is 20.6. The van der Waals surface area contributed by atoms with Crippen molar-refractivity contribution >= 4 is 41.5 Å². The molecule has 0 radical (unpaired) electrons. The molecule has 0 saturated heterocycles. The minimum atomic E-state index is -0.263. The number of carbonyl (C=O) groups is 1. The molecule has 1 fully saturated rings. The molecule has 2 aromatic rings. The number of ether oxygens (including phenoxy) is 1. The molecule has 1 aliphatic carbocycles. The van der Waals surface area contributed by atoms with Crippen LogP contribution < -0.4 is 16.0 Å². The molecular formula is C23H33IN4O3. The van der Waals surface area contributed by atoms with E-state index < -0.39 is 0 Å². The molecule has 31 heavy (non-hydrogen) atoms. The molecule has 1 amide bonds. The molecule has 8 heteroatoms. The number of halogens is 1. The van der Waals surface area contributed by atoms with Gasteiger partial charge in [0.2, 0.25) is 0 Å². The largest absolute Gasteiger partial charge is 0.459 e. The lowest BCUT2D eigenvalue weighted by atomic mass is 9.83. The fourth-order valence-electron chi connectivity index (χ4n) is 4.00. The second-order valence-corrected chi connectivity index (χ2v) is 7.86. The van der Waals surface area contributed by atoms with Gasteiger partial charge in [-0.25, -0.2) is 0 Å². The van der Waals surface area contributed by atoms with Crippen LogP contribution in [0.2, 0.25) is 0 Å². The highest BCUT2D eigenvalue weighted by Crippen LogP contribution is 2.40. The van der Waals surface area contributed by atoms with Gasteiger partial charge in [-0.05, 0) is 54.5 Å². The number of methoxy groups -OCH3 is 1. The zero-order valence-electron chi connectivity index (χ0n) is 18.3. The van der Waals surface area contributed by atoms with Crippen LogP contribution in [0, 0.1) is 5.41 Å². The minimum absolute atomic E-state index is 0. The number of nitrogens with zero attached hydrogens (tertiary/aromatic N) is 1. The minimum Gasteiger partial charge on any atom is -0.459 e. The van der Waals surface area contributed by atoms with Gasteiger partial charge in [-0.2, -0.15) is 0 Å². The van der Waals surface area contributed by atoms with E-state index in [9.17, 15) is 4.79 Å². The van der Waals surface area contributed by atoms with Crippen LogP contribution in [0.3, 0.4) is 0 Å². The van der Waals surface area contributed by atoms with Crippen molar-refractivity contribution in [3.63, 3.8) is 0 Å². The molecule has 1 aliphatic rings. The molecular weight excluding hydrogens is 507 g/mol. The quantitative estimate of drug-likeness (QED) is 0.249. The maximum Gasteiger partial charge on any atom is 0.291 e. The van der Waals surface area contributed by atoms with E-state index in [1.165, 1.54) is 31.9 Å². The Morgan fingerprint density at radius 3 is 2.68 bits per heavy atom. The van der Waals surface area contributed by atoms with Crippen LogP contribution >= 0.6 is 24.0 Å². The van der Waals surface area contributed by atoms with Gasteiger partial charge in [-0.15, -0.1) is 24.0 Å². The van der Waals surface area contributed by atoms with Crippen LogP contribution in [-0.2, 0) is 11.3 Å². The Bertz CT molecular complexity index is 833. The van der Waals surface area contributed by atoms with E-state index in [0.29, 0.717) is 12.0 Å². The first-order chi connectivity index (χ1) is 14.6. The third kappa shape index (κ3) is 7.53. The zero-order chi connectivity index (χ0) is 21.2. The third-order valence-corrected chi connectivity index (χ3v) is 5.74. The molecule has 0 atom stereocenters. The first kappa shape index (κ1) is 25.2. The number of rotatable bonds is 9. The number of hydrogen-bond donors (Lipinski definition) is 3. The van der Waals surface area contributed by atoms with Gasteiger partial charge in [0.15, 0.2) is 11.7 Å². The molecule has 170 valence electrons. The number of nitrogens with one attached hydrogen (secondary N) is 3. The van der Waals surface area contributed by atoms with Crippen molar-refractivity contribution in [2.75, 3.05) is 32.6 Å². The number of aliphatic imine (C=N–C) groups is 1. The van der Waals surface area contributed by atoms with E-state index >= 15 is 0 Å². The van der Waals surface area contributed by atoms with Crippen molar-refractivity contribution in [2.45, 2.75) is 38.6 Å². The van der Waals surface area contributed by atoms with E-state index in [2.05, 4.69) is 20.9 Å². The Morgan fingerprint density at radius 2 is 2.00 bits per heavy atom. The van der Waals surface area contributed by atoms with Crippen molar-refractivity contribution in [2.24, 2.45) is 10.4 Å². The van der Waals surface area contributed by atoms with Crippen LogP contribution in [0.15, 0.2) is 52.1 Å². The summed E-state index contributed by atoms with van der Waals surface area (Å²) in [6.45, 7) is 2.30. The van der Waals surface area contributed by atoms with E-state index in [-0.39, 0.29) is 35.6 Å². The van der Waals surface area contributed by atoms with Crippen LogP contribution in [0.1, 0.15) is 48.2 Å². The Hall–Kier alpha value is -2.07. The van der Waals surface area contributed by atoms with E-state index in [1.54, 1.807) is 26.3 Å². The van der Waals surface area contributed by atoms with Crippen LogP contribution in [0.25, 0.3) is 0 Å². The maximum atomic E-state index is 12.2. The Labute approximate surface area is 201 Å². The van der Waals surface area contributed by atoms with Gasteiger partial charge in [0.05, 0.1) is 6.26 Å². The topological polar surface area (TPSA) is 87.9 Å². The Morgan fingerprint density at radius 1 is 1.19 bits per heavy atom. The highest BCUT2D eigenvalue weighted by molar-refractivity contribution is 14.0. The summed E-state index contributed by atoms with van der Waals surface area (Å²) in [7, 11) is 3.55.